The molecule has 2 atom stereocenters. The number of carbonyl (C=O) groups excluding carboxylic acids is 2. The molecule has 4 rings (SSSR count). The number of nitrogens with zero attached hydrogens (tertiary/aromatic N) is 2. The fraction of sp³-hybridized carbons (Fsp3) is 0.235. The van der Waals surface area contributed by atoms with E-state index in [0.29, 0.717) is 17.0 Å². The lowest BCUT2D eigenvalue weighted by Crippen LogP contribution is -2.54. The monoisotopic (exact) mass is 685 g/mol. The van der Waals surface area contributed by atoms with Crippen LogP contribution >= 0.6 is 34.8 Å². The van der Waals surface area contributed by atoms with Crippen molar-refractivity contribution in [3.63, 3.8) is 0 Å². The van der Waals surface area contributed by atoms with Gasteiger partial charge >= 0.3 is 0 Å². The van der Waals surface area contributed by atoms with Gasteiger partial charge in [-0.2, -0.15) is 0 Å². The first-order valence-electron chi connectivity index (χ1n) is 14.4. The normalized spacial score (nSPS) is 12.6. The van der Waals surface area contributed by atoms with Crippen molar-refractivity contribution in [2.45, 2.75) is 50.2 Å². The van der Waals surface area contributed by atoms with E-state index in [4.69, 9.17) is 34.8 Å². The molecule has 4 aromatic rings. The van der Waals surface area contributed by atoms with Gasteiger partial charge in [0.05, 0.1) is 20.6 Å². The van der Waals surface area contributed by atoms with Gasteiger partial charge in [0, 0.05) is 24.0 Å². The molecule has 0 heterocycles. The van der Waals surface area contributed by atoms with Crippen LogP contribution in [0.25, 0.3) is 0 Å². The van der Waals surface area contributed by atoms with Crippen molar-refractivity contribution < 1.29 is 18.0 Å². The fourth-order valence-corrected chi connectivity index (χ4v) is 6.61. The summed E-state index contributed by atoms with van der Waals surface area (Å²) in [6, 6.07) is 27.4. The largest absolute Gasteiger partial charge is 0.352 e. The second-order valence-electron chi connectivity index (χ2n) is 10.6. The third kappa shape index (κ3) is 8.79. The van der Waals surface area contributed by atoms with Crippen LogP contribution in [0.5, 0.6) is 0 Å². The highest BCUT2D eigenvalue weighted by molar-refractivity contribution is 7.92. The van der Waals surface area contributed by atoms with E-state index in [-0.39, 0.29) is 45.5 Å². The summed E-state index contributed by atoms with van der Waals surface area (Å²) >= 11 is 19.0. The van der Waals surface area contributed by atoms with Gasteiger partial charge in [0.2, 0.25) is 11.8 Å². The third-order valence-electron chi connectivity index (χ3n) is 7.37. The number of carbonyl (C=O) groups is 2. The summed E-state index contributed by atoms with van der Waals surface area (Å²) < 4.78 is 29.1. The number of sulfonamides is 1. The maximum Gasteiger partial charge on any atom is 0.264 e. The maximum absolute atomic E-state index is 14.5. The molecule has 4 aromatic carbocycles. The molecule has 0 aliphatic rings. The van der Waals surface area contributed by atoms with Crippen molar-refractivity contribution in [3.05, 3.63) is 129 Å². The molecule has 0 aliphatic heterocycles. The summed E-state index contributed by atoms with van der Waals surface area (Å²) in [7, 11) is -4.26. The predicted molar refractivity (Wildman–Crippen MR) is 181 cm³/mol. The van der Waals surface area contributed by atoms with Gasteiger partial charge < -0.3 is 10.2 Å². The zero-order chi connectivity index (χ0) is 32.6. The molecular weight excluding hydrogens is 653 g/mol. The highest BCUT2D eigenvalue weighted by Gasteiger charge is 2.35. The molecule has 0 radical (unpaired) electrons. The van der Waals surface area contributed by atoms with Gasteiger partial charge in [0.25, 0.3) is 10.0 Å². The lowest BCUT2D eigenvalue weighted by Gasteiger charge is -2.34. The molecular formula is C34H34Cl3N3O4S. The van der Waals surface area contributed by atoms with Crippen molar-refractivity contribution in [2.75, 3.05) is 10.8 Å². The van der Waals surface area contributed by atoms with Gasteiger partial charge in [-0.1, -0.05) is 108 Å². The van der Waals surface area contributed by atoms with E-state index in [1.165, 1.54) is 35.2 Å². The van der Waals surface area contributed by atoms with E-state index < -0.39 is 28.5 Å². The summed E-state index contributed by atoms with van der Waals surface area (Å²) in [6.45, 7) is 3.18. The number of anilines is 1. The second-order valence-corrected chi connectivity index (χ2v) is 13.6. The fourth-order valence-electron chi connectivity index (χ4n) is 4.69. The van der Waals surface area contributed by atoms with Crippen LogP contribution in [-0.4, -0.2) is 43.8 Å². The summed E-state index contributed by atoms with van der Waals surface area (Å²) in [6.07, 6.45) is 0.875. The van der Waals surface area contributed by atoms with E-state index in [1.807, 2.05) is 44.2 Å². The van der Waals surface area contributed by atoms with Crippen molar-refractivity contribution in [1.82, 2.24) is 10.2 Å². The number of nitrogens with one attached hydrogen (secondary N) is 1. The Bertz CT molecular complexity index is 1720. The number of halogens is 3. The number of hydrogen-bond acceptors (Lipinski definition) is 4. The second kappa shape index (κ2) is 15.6. The molecule has 7 nitrogen and oxygen atoms in total. The van der Waals surface area contributed by atoms with Gasteiger partial charge in [-0.25, -0.2) is 8.42 Å². The first kappa shape index (κ1) is 34.3. The highest BCUT2D eigenvalue weighted by Crippen LogP contribution is 2.31. The minimum absolute atomic E-state index is 0.0168. The highest BCUT2D eigenvalue weighted by atomic mass is 35.5. The van der Waals surface area contributed by atoms with Gasteiger partial charge in [0.1, 0.15) is 12.6 Å². The van der Waals surface area contributed by atoms with Crippen molar-refractivity contribution in [2.24, 2.45) is 0 Å². The van der Waals surface area contributed by atoms with Crippen LogP contribution in [0.3, 0.4) is 0 Å². The van der Waals surface area contributed by atoms with E-state index in [1.54, 1.807) is 42.5 Å². The Morgan fingerprint density at radius 3 is 2.04 bits per heavy atom. The van der Waals surface area contributed by atoms with E-state index in [2.05, 4.69) is 5.32 Å². The molecule has 2 amide bonds. The van der Waals surface area contributed by atoms with Gasteiger partial charge in [-0.05, 0) is 60.9 Å². The molecule has 1 N–H and O–H groups in total. The molecule has 11 heteroatoms. The van der Waals surface area contributed by atoms with Gasteiger partial charge in [-0.15, -0.1) is 0 Å². The number of hydrogen-bond donors (Lipinski definition) is 1. The predicted octanol–water partition coefficient (Wildman–Crippen LogP) is 7.40. The molecule has 0 saturated heterocycles. The number of benzene rings is 4. The standard InChI is InChI=1S/C34H34Cl3N3O4S/c1-3-24(2)38-34(42)32(20-25-12-6-4-7-13-25)39(22-26-14-10-11-17-29(26)35)33(41)23-40(27-18-19-30(36)31(37)21-27)45(43,44)28-15-8-5-9-16-28/h4-19,21,24,32H,3,20,22-23H2,1-2H3,(H,38,42)/t24-,32-/m0/s1. The van der Waals surface area contributed by atoms with Crippen molar-refractivity contribution in [3.8, 4) is 0 Å². The first-order chi connectivity index (χ1) is 21.5. The van der Waals surface area contributed by atoms with Crippen LogP contribution < -0.4 is 9.62 Å². The maximum atomic E-state index is 14.5. The molecule has 45 heavy (non-hydrogen) atoms. The van der Waals surface area contributed by atoms with E-state index >= 15 is 0 Å². The third-order valence-corrected chi connectivity index (χ3v) is 10.3. The topological polar surface area (TPSA) is 86.8 Å². The smallest absolute Gasteiger partial charge is 0.264 e. The van der Waals surface area contributed by atoms with Crippen molar-refractivity contribution in [1.29, 1.82) is 0 Å². The molecule has 0 aromatic heterocycles. The zero-order valence-corrected chi connectivity index (χ0v) is 28.0. The van der Waals surface area contributed by atoms with Crippen LogP contribution in [0, 0.1) is 0 Å². The number of rotatable bonds is 13. The van der Waals surface area contributed by atoms with E-state index in [9.17, 15) is 18.0 Å². The molecule has 0 unspecified atom stereocenters. The lowest BCUT2D eigenvalue weighted by atomic mass is 10.0. The minimum atomic E-state index is -4.26. The average Bonchev–Trinajstić information content (AvgIpc) is 3.04. The summed E-state index contributed by atoms with van der Waals surface area (Å²) in [5.41, 5.74) is 1.58. The Kier molecular flexibility index (Phi) is 11.9. The van der Waals surface area contributed by atoms with Crippen LogP contribution in [-0.2, 0) is 32.6 Å². The Morgan fingerprint density at radius 2 is 1.42 bits per heavy atom. The Hall–Kier alpha value is -3.56. The Morgan fingerprint density at radius 1 is 0.800 bits per heavy atom. The Labute approximate surface area is 279 Å². The van der Waals surface area contributed by atoms with Gasteiger partial charge in [-0.3, -0.25) is 13.9 Å². The summed E-state index contributed by atoms with van der Waals surface area (Å²) in [5, 5.41) is 3.78. The zero-order valence-electron chi connectivity index (χ0n) is 24.9. The summed E-state index contributed by atoms with van der Waals surface area (Å²) in [5.74, 6) is -0.971. The Balaban J connectivity index is 1.83. The first-order valence-corrected chi connectivity index (χ1v) is 17.0. The molecule has 0 fully saturated rings. The minimum Gasteiger partial charge on any atom is -0.352 e. The lowest BCUT2D eigenvalue weighted by molar-refractivity contribution is -0.140. The molecule has 0 saturated carbocycles. The van der Waals surface area contributed by atoms with Gasteiger partial charge in [0.15, 0.2) is 0 Å². The summed E-state index contributed by atoms with van der Waals surface area (Å²) in [4.78, 5) is 29.8. The SMILES string of the molecule is CC[C@H](C)NC(=O)[C@H](Cc1ccccc1)N(Cc1ccccc1Cl)C(=O)CN(c1ccc(Cl)c(Cl)c1)S(=O)(=O)c1ccccc1. The number of amides is 2. The van der Waals surface area contributed by atoms with Crippen LogP contribution in [0.15, 0.2) is 108 Å². The van der Waals surface area contributed by atoms with Crippen LogP contribution in [0.4, 0.5) is 5.69 Å². The van der Waals surface area contributed by atoms with E-state index in [0.717, 1.165) is 9.87 Å². The molecule has 0 aliphatic carbocycles. The molecule has 236 valence electrons. The molecule has 0 bridgehead atoms. The average molecular weight is 687 g/mol. The van der Waals surface area contributed by atoms with Crippen LogP contribution in [0.2, 0.25) is 15.1 Å². The molecule has 0 spiro atoms. The quantitative estimate of drug-likeness (QED) is 0.159. The van der Waals surface area contributed by atoms with Crippen molar-refractivity contribution >= 4 is 62.3 Å². The van der Waals surface area contributed by atoms with Crippen LogP contribution in [0.1, 0.15) is 31.4 Å².